The van der Waals surface area contributed by atoms with Crippen LogP contribution in [0.2, 0.25) is 0 Å². The largest absolute Gasteiger partial charge is 0.512 e. The van der Waals surface area contributed by atoms with Gasteiger partial charge in [-0.25, -0.2) is 0 Å². The molecule has 0 spiro atoms. The molecule has 0 saturated carbocycles. The molecular formula is C18H17N2O2Pt-. The van der Waals surface area contributed by atoms with Crippen LogP contribution in [0.4, 0.5) is 0 Å². The van der Waals surface area contributed by atoms with Crippen molar-refractivity contribution in [3.63, 3.8) is 0 Å². The molecule has 0 aliphatic carbocycles. The van der Waals surface area contributed by atoms with Crippen molar-refractivity contribution in [1.82, 2.24) is 9.38 Å². The van der Waals surface area contributed by atoms with Crippen molar-refractivity contribution >= 4 is 22.2 Å². The van der Waals surface area contributed by atoms with Crippen molar-refractivity contribution in [2.75, 3.05) is 0 Å². The number of carbonyl (C=O) groups is 1. The molecule has 0 saturated heterocycles. The van der Waals surface area contributed by atoms with E-state index >= 15 is 0 Å². The number of carbonyl (C=O) groups excluding carboxylic acids is 1. The van der Waals surface area contributed by atoms with E-state index in [4.69, 9.17) is 5.11 Å². The van der Waals surface area contributed by atoms with Crippen LogP contribution in [0.1, 0.15) is 25.5 Å². The summed E-state index contributed by atoms with van der Waals surface area (Å²) in [4.78, 5) is 16.2. The van der Waals surface area contributed by atoms with Crippen LogP contribution in [0.15, 0.2) is 48.5 Å². The van der Waals surface area contributed by atoms with E-state index in [-0.39, 0.29) is 32.6 Å². The number of aromatic nitrogens is 2. The fourth-order valence-corrected chi connectivity index (χ4v) is 2.56. The van der Waals surface area contributed by atoms with E-state index in [0.717, 1.165) is 28.5 Å². The van der Waals surface area contributed by atoms with Gasteiger partial charge in [-0.3, -0.25) is 9.78 Å². The van der Waals surface area contributed by atoms with E-state index in [2.05, 4.69) is 11.1 Å². The fraction of sp³-hybridized carbons (Fsp3) is 0.222. The van der Waals surface area contributed by atoms with Crippen molar-refractivity contribution in [2.45, 2.75) is 26.2 Å². The Morgan fingerprint density at radius 3 is 3.04 bits per heavy atom. The summed E-state index contributed by atoms with van der Waals surface area (Å²) in [5.41, 5.74) is 1.85. The van der Waals surface area contributed by atoms with E-state index in [1.807, 2.05) is 41.1 Å². The maximum absolute atomic E-state index is 11.5. The number of fused-ring (bicyclic) bond motifs is 3. The number of hydrogen-bond acceptors (Lipinski definition) is 3. The van der Waals surface area contributed by atoms with Crippen molar-refractivity contribution < 1.29 is 31.0 Å². The number of aliphatic hydroxyl groups excluding tert-OH is 1. The number of rotatable bonds is 5. The van der Waals surface area contributed by atoms with Gasteiger partial charge in [-0.2, -0.15) is 0 Å². The van der Waals surface area contributed by atoms with Crippen LogP contribution < -0.4 is 0 Å². The molecule has 4 nitrogen and oxygen atoms in total. The molecule has 23 heavy (non-hydrogen) atoms. The summed E-state index contributed by atoms with van der Waals surface area (Å²) >= 11 is 0. The minimum Gasteiger partial charge on any atom is -0.512 e. The zero-order chi connectivity index (χ0) is 15.5. The summed E-state index contributed by atoms with van der Waals surface area (Å²) in [5.74, 6) is 0.00212. The Balaban J connectivity index is 0.00000192. The molecule has 5 heteroatoms. The quantitative estimate of drug-likeness (QED) is 0.339. The average molecular weight is 488 g/mol. The van der Waals surface area contributed by atoms with Crippen LogP contribution in [-0.4, -0.2) is 20.3 Å². The number of benzene rings is 1. The predicted octanol–water partition coefficient (Wildman–Crippen LogP) is 3.64. The zero-order valence-corrected chi connectivity index (χ0v) is 15.0. The molecule has 0 bridgehead atoms. The number of hydrogen-bond donors (Lipinski definition) is 1. The molecule has 0 unspecified atom stereocenters. The van der Waals surface area contributed by atoms with E-state index in [0.29, 0.717) is 12.8 Å². The van der Waals surface area contributed by atoms with Gasteiger partial charge in [0.25, 0.3) is 0 Å². The molecule has 2 aromatic heterocycles. The van der Waals surface area contributed by atoms with Crippen LogP contribution in [-0.2, 0) is 32.3 Å². The molecule has 1 aromatic carbocycles. The maximum Gasteiger partial charge on any atom is 0.159 e. The van der Waals surface area contributed by atoms with E-state index in [1.54, 1.807) is 0 Å². The molecule has 0 radical (unpaired) electrons. The molecule has 0 aliphatic heterocycles. The first kappa shape index (κ1) is 17.4. The van der Waals surface area contributed by atoms with E-state index in [1.165, 1.54) is 13.0 Å². The molecule has 3 aromatic rings. The van der Waals surface area contributed by atoms with Crippen molar-refractivity contribution in [3.05, 3.63) is 60.3 Å². The number of aliphatic hydroxyl groups is 1. The molecule has 0 atom stereocenters. The smallest absolute Gasteiger partial charge is 0.159 e. The topological polar surface area (TPSA) is 54.6 Å². The number of aryl methyl sites for hydroxylation is 1. The molecule has 0 aliphatic rings. The Bertz CT molecular complexity index is 864. The van der Waals surface area contributed by atoms with Crippen molar-refractivity contribution in [1.29, 1.82) is 0 Å². The van der Waals surface area contributed by atoms with E-state index in [9.17, 15) is 4.79 Å². The first-order chi connectivity index (χ1) is 10.6. The predicted molar refractivity (Wildman–Crippen MR) is 85.9 cm³/mol. The summed E-state index contributed by atoms with van der Waals surface area (Å²) in [7, 11) is 0. The van der Waals surface area contributed by atoms with Gasteiger partial charge in [-0.05, 0) is 26.0 Å². The SMILES string of the molecule is C/C(O)=C/C(=O)CCCc1cn2ccc3ccc[c-]c3c2n1.[Pt]. The molecule has 1 N–H and O–H groups in total. The van der Waals surface area contributed by atoms with Gasteiger partial charge >= 0.3 is 0 Å². The second-order valence-corrected chi connectivity index (χ2v) is 5.38. The third-order valence-corrected chi connectivity index (χ3v) is 3.53. The van der Waals surface area contributed by atoms with Gasteiger partial charge in [0.2, 0.25) is 0 Å². The third-order valence-electron chi connectivity index (χ3n) is 3.53. The van der Waals surface area contributed by atoms with Gasteiger partial charge in [-0.15, -0.1) is 35.0 Å². The second-order valence-electron chi connectivity index (χ2n) is 5.38. The Hall–Kier alpha value is -1.93. The monoisotopic (exact) mass is 488 g/mol. The summed E-state index contributed by atoms with van der Waals surface area (Å²) in [6, 6.07) is 11.2. The van der Waals surface area contributed by atoms with Gasteiger partial charge < -0.3 is 9.51 Å². The second kappa shape index (κ2) is 7.56. The Kier molecular flexibility index (Phi) is 5.73. The molecule has 0 amide bonds. The molecule has 2 heterocycles. The number of nitrogens with zero attached hydrogens (tertiary/aromatic N) is 2. The number of pyridine rings is 1. The fourth-order valence-electron chi connectivity index (χ4n) is 2.56. The first-order valence-electron chi connectivity index (χ1n) is 7.30. The summed E-state index contributed by atoms with van der Waals surface area (Å²) in [6.45, 7) is 1.50. The van der Waals surface area contributed by atoms with E-state index < -0.39 is 0 Å². The Morgan fingerprint density at radius 1 is 1.43 bits per heavy atom. The van der Waals surface area contributed by atoms with Gasteiger partial charge in [0.1, 0.15) is 0 Å². The summed E-state index contributed by atoms with van der Waals surface area (Å²) in [6.07, 6.45) is 7.12. The first-order valence-corrected chi connectivity index (χ1v) is 7.30. The normalized spacial score (nSPS) is 11.6. The molecular weight excluding hydrogens is 471 g/mol. The van der Waals surface area contributed by atoms with Crippen LogP contribution >= 0.6 is 0 Å². The zero-order valence-electron chi connectivity index (χ0n) is 12.7. The minimum atomic E-state index is -0.0532. The summed E-state index contributed by atoms with van der Waals surface area (Å²) < 4.78 is 1.99. The Morgan fingerprint density at radius 2 is 2.26 bits per heavy atom. The van der Waals surface area contributed by atoms with Gasteiger partial charge in [-0.1, -0.05) is 6.07 Å². The average Bonchev–Trinajstić information content (AvgIpc) is 2.89. The maximum atomic E-state index is 11.5. The molecule has 0 fully saturated rings. The van der Waals surface area contributed by atoms with Crippen molar-refractivity contribution in [3.8, 4) is 0 Å². The van der Waals surface area contributed by atoms with Gasteiger partial charge in [0, 0.05) is 45.5 Å². The Labute approximate surface area is 149 Å². The van der Waals surface area contributed by atoms with Gasteiger partial charge in [0.15, 0.2) is 5.78 Å². The molecule has 3 rings (SSSR count). The van der Waals surface area contributed by atoms with Crippen LogP contribution in [0, 0.1) is 6.07 Å². The van der Waals surface area contributed by atoms with Crippen LogP contribution in [0.3, 0.4) is 0 Å². The third kappa shape index (κ3) is 4.08. The summed E-state index contributed by atoms with van der Waals surface area (Å²) in [5, 5.41) is 11.2. The number of ketones is 1. The van der Waals surface area contributed by atoms with Crippen LogP contribution in [0.25, 0.3) is 16.4 Å². The number of allylic oxidation sites excluding steroid dienone is 2. The standard InChI is InChI=1S/C18H17N2O2.Pt/c1-13(21)11-16(22)7-4-6-15-12-20-10-9-14-5-2-3-8-17(14)18(20)19-15;/h2-3,5,9-12,21H,4,6-7H2,1H3;/q-1;/b13-11-;. The molecule has 122 valence electrons. The number of imidazole rings is 1. The van der Waals surface area contributed by atoms with Crippen molar-refractivity contribution in [2.24, 2.45) is 0 Å². The van der Waals surface area contributed by atoms with Crippen LogP contribution in [0.5, 0.6) is 0 Å². The van der Waals surface area contributed by atoms with Gasteiger partial charge in [0.05, 0.1) is 11.4 Å². The minimum absolute atomic E-state index is 0.